The van der Waals surface area contributed by atoms with Crippen LogP contribution in [-0.4, -0.2) is 36.7 Å². The van der Waals surface area contributed by atoms with Crippen LogP contribution in [-0.2, 0) is 4.79 Å². The van der Waals surface area contributed by atoms with Crippen LogP contribution < -0.4 is 19.9 Å². The number of nitrogens with one attached hydrogen (secondary N) is 1. The van der Waals surface area contributed by atoms with Gasteiger partial charge in [-0.05, 0) is 29.8 Å². The van der Waals surface area contributed by atoms with Gasteiger partial charge in [-0.1, -0.05) is 24.3 Å². The predicted molar refractivity (Wildman–Crippen MR) is 115 cm³/mol. The van der Waals surface area contributed by atoms with E-state index in [1.165, 1.54) is 0 Å². The summed E-state index contributed by atoms with van der Waals surface area (Å²) in [5.41, 5.74) is 9.74. The van der Waals surface area contributed by atoms with Gasteiger partial charge in [0.2, 0.25) is 0 Å². The van der Waals surface area contributed by atoms with Gasteiger partial charge < -0.3 is 24.9 Å². The topological polar surface area (TPSA) is 99.5 Å². The number of primary amides is 1. The van der Waals surface area contributed by atoms with E-state index in [1.54, 1.807) is 26.5 Å². The number of aromatic amines is 1. The lowest BCUT2D eigenvalue weighted by Gasteiger charge is -2.11. The van der Waals surface area contributed by atoms with Gasteiger partial charge >= 0.3 is 0 Å². The van der Waals surface area contributed by atoms with Crippen LogP contribution in [0.4, 0.5) is 0 Å². The summed E-state index contributed by atoms with van der Waals surface area (Å²) in [6.45, 7) is -0.213. The Morgan fingerprint density at radius 1 is 0.967 bits per heavy atom. The highest BCUT2D eigenvalue weighted by atomic mass is 16.5. The number of benzene rings is 2. The zero-order chi connectivity index (χ0) is 21.1. The number of amides is 1. The number of fused-ring (bicyclic) bond motifs is 1. The number of H-pyrrole nitrogens is 1. The molecule has 152 valence electrons. The van der Waals surface area contributed by atoms with E-state index < -0.39 is 5.91 Å². The molecule has 0 aliphatic heterocycles. The molecule has 2 aromatic heterocycles. The molecule has 2 heterocycles. The SMILES string of the molecule is COc1cc(-c2cnc3[nH]cc(-c4ccccc4OC)c3c2)ccc1OCC(N)=O. The van der Waals surface area contributed by atoms with E-state index in [-0.39, 0.29) is 6.61 Å². The molecule has 0 saturated carbocycles. The maximum Gasteiger partial charge on any atom is 0.255 e. The Balaban J connectivity index is 1.76. The molecule has 30 heavy (non-hydrogen) atoms. The van der Waals surface area contributed by atoms with Gasteiger partial charge in [0.05, 0.1) is 14.2 Å². The Kier molecular flexibility index (Phi) is 5.26. The molecule has 1 amide bonds. The van der Waals surface area contributed by atoms with Crippen molar-refractivity contribution < 1.29 is 19.0 Å². The number of aromatic nitrogens is 2. The second-order valence-corrected chi connectivity index (χ2v) is 6.64. The largest absolute Gasteiger partial charge is 0.496 e. The first-order valence-corrected chi connectivity index (χ1v) is 9.30. The lowest BCUT2D eigenvalue weighted by atomic mass is 10.0. The Hall–Kier alpha value is -4.00. The molecule has 2 aromatic carbocycles. The minimum atomic E-state index is -0.549. The molecule has 0 aliphatic rings. The van der Waals surface area contributed by atoms with Gasteiger partial charge in [0.25, 0.3) is 5.91 Å². The summed E-state index contributed by atoms with van der Waals surface area (Å²) in [4.78, 5) is 18.8. The van der Waals surface area contributed by atoms with Crippen molar-refractivity contribution in [3.05, 3.63) is 60.9 Å². The summed E-state index contributed by atoms with van der Waals surface area (Å²) in [7, 11) is 3.20. The Morgan fingerprint density at radius 2 is 1.77 bits per heavy atom. The number of nitrogens with zero attached hydrogens (tertiary/aromatic N) is 1. The third kappa shape index (κ3) is 3.65. The molecular formula is C23H21N3O4. The number of pyridine rings is 1. The summed E-state index contributed by atoms with van der Waals surface area (Å²) in [5, 5.41) is 0.977. The first kappa shape index (κ1) is 19.3. The van der Waals surface area contributed by atoms with Crippen molar-refractivity contribution in [1.82, 2.24) is 9.97 Å². The molecule has 0 spiro atoms. The zero-order valence-corrected chi connectivity index (χ0v) is 16.6. The second kappa shape index (κ2) is 8.16. The summed E-state index contributed by atoms with van der Waals surface area (Å²) >= 11 is 0. The Labute approximate surface area is 173 Å². The predicted octanol–water partition coefficient (Wildman–Crippen LogP) is 3.78. The number of hydrogen-bond acceptors (Lipinski definition) is 5. The molecule has 0 radical (unpaired) electrons. The summed E-state index contributed by atoms with van der Waals surface area (Å²) in [5.74, 6) is 1.20. The van der Waals surface area contributed by atoms with Crippen LogP contribution in [0.1, 0.15) is 0 Å². The Morgan fingerprint density at radius 3 is 2.53 bits per heavy atom. The monoisotopic (exact) mass is 403 g/mol. The summed E-state index contributed by atoms with van der Waals surface area (Å²) in [6.07, 6.45) is 3.73. The first-order chi connectivity index (χ1) is 14.6. The Bertz CT molecular complexity index is 1220. The summed E-state index contributed by atoms with van der Waals surface area (Å²) < 4.78 is 16.3. The van der Waals surface area contributed by atoms with Crippen molar-refractivity contribution in [2.75, 3.05) is 20.8 Å². The van der Waals surface area contributed by atoms with Crippen LogP contribution in [0.25, 0.3) is 33.3 Å². The van der Waals surface area contributed by atoms with Crippen molar-refractivity contribution in [3.8, 4) is 39.5 Å². The van der Waals surface area contributed by atoms with Crippen molar-refractivity contribution in [1.29, 1.82) is 0 Å². The number of ether oxygens (including phenoxy) is 3. The fraction of sp³-hybridized carbons (Fsp3) is 0.130. The number of rotatable bonds is 7. The van der Waals surface area contributed by atoms with E-state index in [2.05, 4.69) is 16.0 Å². The standard InChI is InChI=1S/C23H21N3O4/c1-28-19-6-4-3-5-16(19)18-12-26-23-17(18)9-15(11-25-23)14-7-8-20(21(10-14)29-2)30-13-22(24)27/h3-12H,13H2,1-2H3,(H2,24,27)(H,25,26). The van der Waals surface area contributed by atoms with Gasteiger partial charge in [0.1, 0.15) is 11.4 Å². The molecular weight excluding hydrogens is 382 g/mol. The van der Waals surface area contributed by atoms with Gasteiger partial charge in [-0.15, -0.1) is 0 Å². The number of carbonyl (C=O) groups is 1. The van der Waals surface area contributed by atoms with Gasteiger partial charge in [-0.3, -0.25) is 4.79 Å². The van der Waals surface area contributed by atoms with Gasteiger partial charge in [0.15, 0.2) is 18.1 Å². The number of para-hydroxylation sites is 1. The molecule has 7 heteroatoms. The minimum Gasteiger partial charge on any atom is -0.496 e. The maximum atomic E-state index is 11.0. The lowest BCUT2D eigenvalue weighted by molar-refractivity contribution is -0.119. The van der Waals surface area contributed by atoms with E-state index in [1.807, 2.05) is 42.6 Å². The molecule has 4 aromatic rings. The normalized spacial score (nSPS) is 10.7. The molecule has 0 bridgehead atoms. The maximum absolute atomic E-state index is 11.0. The van der Waals surface area contributed by atoms with Crippen molar-refractivity contribution >= 4 is 16.9 Å². The molecule has 0 aliphatic carbocycles. The third-order valence-electron chi connectivity index (χ3n) is 4.80. The van der Waals surface area contributed by atoms with Gasteiger partial charge in [0, 0.05) is 34.5 Å². The van der Waals surface area contributed by atoms with Gasteiger partial charge in [-0.25, -0.2) is 4.98 Å². The number of hydrogen-bond donors (Lipinski definition) is 2. The van der Waals surface area contributed by atoms with Crippen LogP contribution in [0.15, 0.2) is 60.9 Å². The van der Waals surface area contributed by atoms with Crippen molar-refractivity contribution in [3.63, 3.8) is 0 Å². The number of methoxy groups -OCH3 is 2. The quantitative estimate of drug-likeness (QED) is 0.489. The molecule has 3 N–H and O–H groups in total. The second-order valence-electron chi connectivity index (χ2n) is 6.64. The van der Waals surface area contributed by atoms with E-state index in [4.69, 9.17) is 19.9 Å². The van der Waals surface area contributed by atoms with E-state index >= 15 is 0 Å². The van der Waals surface area contributed by atoms with E-state index in [0.29, 0.717) is 11.5 Å². The average molecular weight is 403 g/mol. The lowest BCUT2D eigenvalue weighted by Crippen LogP contribution is -2.20. The highest BCUT2D eigenvalue weighted by Crippen LogP contribution is 2.37. The average Bonchev–Trinajstić information content (AvgIpc) is 3.20. The molecule has 0 saturated heterocycles. The van der Waals surface area contributed by atoms with Crippen LogP contribution in [0.3, 0.4) is 0 Å². The van der Waals surface area contributed by atoms with E-state index in [0.717, 1.165) is 39.0 Å². The van der Waals surface area contributed by atoms with Crippen molar-refractivity contribution in [2.45, 2.75) is 0 Å². The number of carbonyl (C=O) groups excluding carboxylic acids is 1. The zero-order valence-electron chi connectivity index (χ0n) is 16.6. The fourth-order valence-corrected chi connectivity index (χ4v) is 3.37. The molecule has 0 atom stereocenters. The van der Waals surface area contributed by atoms with Crippen LogP contribution in [0, 0.1) is 0 Å². The third-order valence-corrected chi connectivity index (χ3v) is 4.80. The molecule has 0 unspecified atom stereocenters. The minimum absolute atomic E-state index is 0.213. The smallest absolute Gasteiger partial charge is 0.255 e. The summed E-state index contributed by atoms with van der Waals surface area (Å²) in [6, 6.07) is 15.4. The fourth-order valence-electron chi connectivity index (χ4n) is 3.37. The van der Waals surface area contributed by atoms with E-state index in [9.17, 15) is 4.79 Å². The molecule has 4 rings (SSSR count). The molecule has 0 fully saturated rings. The highest BCUT2D eigenvalue weighted by Gasteiger charge is 2.14. The first-order valence-electron chi connectivity index (χ1n) is 9.30. The highest BCUT2D eigenvalue weighted by molar-refractivity contribution is 5.97. The number of nitrogens with two attached hydrogens (primary N) is 1. The molecule has 7 nitrogen and oxygen atoms in total. The van der Waals surface area contributed by atoms with Crippen LogP contribution in [0.2, 0.25) is 0 Å². The van der Waals surface area contributed by atoms with Crippen LogP contribution >= 0.6 is 0 Å². The van der Waals surface area contributed by atoms with Crippen molar-refractivity contribution in [2.24, 2.45) is 5.73 Å². The van der Waals surface area contributed by atoms with Gasteiger partial charge in [-0.2, -0.15) is 0 Å². The van der Waals surface area contributed by atoms with Crippen LogP contribution in [0.5, 0.6) is 17.2 Å².